The molecule has 1 aliphatic heterocycles. The monoisotopic (exact) mass is 389 g/mol. The van der Waals surface area contributed by atoms with Gasteiger partial charge in [0.15, 0.2) is 0 Å². The molecule has 1 heterocycles. The summed E-state index contributed by atoms with van der Waals surface area (Å²) in [4.78, 5) is 28.2. The Balaban J connectivity index is 1.59. The molecule has 1 saturated heterocycles. The van der Waals surface area contributed by atoms with Crippen LogP contribution in [0.5, 0.6) is 0 Å². The summed E-state index contributed by atoms with van der Waals surface area (Å²) in [6.45, 7) is 0.659. The molecule has 0 aliphatic carbocycles. The van der Waals surface area contributed by atoms with E-state index in [-0.39, 0.29) is 29.8 Å². The molecule has 7 heteroatoms. The molecule has 2 amide bonds. The van der Waals surface area contributed by atoms with Crippen LogP contribution < -0.4 is 15.1 Å². The maximum absolute atomic E-state index is 13.3. The third-order valence-electron chi connectivity index (χ3n) is 4.63. The van der Waals surface area contributed by atoms with E-state index in [9.17, 15) is 14.0 Å². The molecule has 142 valence electrons. The Morgan fingerprint density at radius 2 is 1.96 bits per heavy atom. The van der Waals surface area contributed by atoms with Crippen LogP contribution in [0.4, 0.5) is 15.8 Å². The number of hydrogen-bond donors (Lipinski definition) is 1. The van der Waals surface area contributed by atoms with Crippen LogP contribution in [-0.2, 0) is 16.1 Å². The zero-order valence-electron chi connectivity index (χ0n) is 15.2. The molecule has 27 heavy (non-hydrogen) atoms. The molecule has 3 rings (SSSR count). The zero-order valence-corrected chi connectivity index (χ0v) is 16.0. The van der Waals surface area contributed by atoms with Crippen LogP contribution in [0.1, 0.15) is 12.0 Å². The first-order valence-electron chi connectivity index (χ1n) is 8.64. The van der Waals surface area contributed by atoms with Crippen molar-refractivity contribution in [3.8, 4) is 0 Å². The van der Waals surface area contributed by atoms with Crippen LogP contribution in [0.2, 0.25) is 5.02 Å². The van der Waals surface area contributed by atoms with Crippen LogP contribution in [0, 0.1) is 11.7 Å². The summed E-state index contributed by atoms with van der Waals surface area (Å²) in [7, 11) is 3.93. The lowest BCUT2D eigenvalue weighted by molar-refractivity contribution is -0.126. The topological polar surface area (TPSA) is 52.7 Å². The van der Waals surface area contributed by atoms with Crippen LogP contribution in [0.3, 0.4) is 0 Å². The Morgan fingerprint density at radius 1 is 1.26 bits per heavy atom. The minimum absolute atomic E-state index is 0.0469. The fourth-order valence-corrected chi connectivity index (χ4v) is 3.21. The van der Waals surface area contributed by atoms with Crippen LogP contribution in [0.25, 0.3) is 0 Å². The van der Waals surface area contributed by atoms with Crippen molar-refractivity contribution in [3.63, 3.8) is 0 Å². The average molecular weight is 390 g/mol. The Hall–Kier alpha value is -2.60. The van der Waals surface area contributed by atoms with Crippen LogP contribution >= 0.6 is 11.6 Å². The van der Waals surface area contributed by atoms with Crippen molar-refractivity contribution < 1.29 is 14.0 Å². The fourth-order valence-electron chi connectivity index (χ4n) is 3.03. The van der Waals surface area contributed by atoms with E-state index in [0.29, 0.717) is 12.2 Å². The lowest BCUT2D eigenvalue weighted by Crippen LogP contribution is -2.32. The predicted molar refractivity (Wildman–Crippen MR) is 104 cm³/mol. The quantitative estimate of drug-likeness (QED) is 0.854. The number of rotatable bonds is 5. The van der Waals surface area contributed by atoms with Crippen molar-refractivity contribution in [3.05, 3.63) is 58.9 Å². The van der Waals surface area contributed by atoms with Gasteiger partial charge in [0.25, 0.3) is 0 Å². The average Bonchev–Trinajstić information content (AvgIpc) is 3.04. The van der Waals surface area contributed by atoms with Gasteiger partial charge in [-0.3, -0.25) is 9.59 Å². The first kappa shape index (κ1) is 19.2. The first-order valence-corrected chi connectivity index (χ1v) is 9.02. The van der Waals surface area contributed by atoms with Crippen molar-refractivity contribution in [2.45, 2.75) is 13.0 Å². The maximum Gasteiger partial charge on any atom is 0.227 e. The molecule has 1 fully saturated rings. The summed E-state index contributed by atoms with van der Waals surface area (Å²) in [6.07, 6.45) is 0.125. The molecule has 0 aromatic heterocycles. The first-order chi connectivity index (χ1) is 12.8. The normalized spacial score (nSPS) is 16.5. The molecule has 5 nitrogen and oxygen atoms in total. The second kappa shape index (κ2) is 7.96. The van der Waals surface area contributed by atoms with E-state index in [1.165, 1.54) is 23.1 Å². The minimum atomic E-state index is -0.540. The predicted octanol–water partition coefficient (Wildman–Crippen LogP) is 3.21. The molecular formula is C20H21ClFN3O2. The summed E-state index contributed by atoms with van der Waals surface area (Å²) < 4.78 is 13.3. The van der Waals surface area contributed by atoms with E-state index in [1.807, 2.05) is 43.3 Å². The van der Waals surface area contributed by atoms with E-state index in [2.05, 4.69) is 5.32 Å². The van der Waals surface area contributed by atoms with Crippen LogP contribution in [-0.4, -0.2) is 32.5 Å². The summed E-state index contributed by atoms with van der Waals surface area (Å²) in [5.74, 6) is -1.33. The van der Waals surface area contributed by atoms with E-state index < -0.39 is 11.7 Å². The molecule has 0 spiro atoms. The molecule has 0 saturated carbocycles. The third kappa shape index (κ3) is 4.39. The van der Waals surface area contributed by atoms with Gasteiger partial charge >= 0.3 is 0 Å². The van der Waals surface area contributed by atoms with Crippen molar-refractivity contribution in [1.29, 1.82) is 0 Å². The maximum atomic E-state index is 13.3. The van der Waals surface area contributed by atoms with Gasteiger partial charge in [-0.1, -0.05) is 23.7 Å². The third-order valence-corrected chi connectivity index (χ3v) is 4.92. The molecule has 0 radical (unpaired) electrons. The molecule has 2 aromatic carbocycles. The summed E-state index contributed by atoms with van der Waals surface area (Å²) in [6, 6.07) is 12.0. The molecule has 2 aromatic rings. The zero-order chi connectivity index (χ0) is 19.6. The molecule has 0 bridgehead atoms. The number of carbonyl (C=O) groups is 2. The second-order valence-electron chi connectivity index (χ2n) is 6.78. The smallest absolute Gasteiger partial charge is 0.227 e. The van der Waals surface area contributed by atoms with Gasteiger partial charge in [0, 0.05) is 45.0 Å². The van der Waals surface area contributed by atoms with Gasteiger partial charge in [-0.15, -0.1) is 0 Å². The number of nitrogens with one attached hydrogen (secondary N) is 1. The Labute approximate surface area is 162 Å². The minimum Gasteiger partial charge on any atom is -0.378 e. The Kier molecular flexibility index (Phi) is 5.65. The van der Waals surface area contributed by atoms with Gasteiger partial charge in [0.2, 0.25) is 11.8 Å². The molecule has 1 atom stereocenters. The number of benzene rings is 2. The number of carbonyl (C=O) groups excluding carboxylic acids is 2. The standard InChI is InChI=1S/C20H21ClFN3O2/c1-24(2)15-5-3-13(4-6-15)11-23-20(27)14-9-19(26)25(12-14)16-7-8-18(22)17(21)10-16/h3-8,10,14H,9,11-12H2,1-2H3,(H,23,27)/t14-/m0/s1. The second-order valence-corrected chi connectivity index (χ2v) is 7.19. The highest BCUT2D eigenvalue weighted by Gasteiger charge is 2.35. The van der Waals surface area contributed by atoms with Crippen molar-refractivity contribution in [2.75, 3.05) is 30.4 Å². The number of halogens is 2. The highest BCUT2D eigenvalue weighted by atomic mass is 35.5. The van der Waals surface area contributed by atoms with Crippen molar-refractivity contribution in [2.24, 2.45) is 5.92 Å². The lowest BCUT2D eigenvalue weighted by Gasteiger charge is -2.17. The van der Waals surface area contributed by atoms with Gasteiger partial charge in [-0.2, -0.15) is 0 Å². The number of nitrogens with zero attached hydrogens (tertiary/aromatic N) is 2. The number of anilines is 2. The SMILES string of the molecule is CN(C)c1ccc(CNC(=O)[C@H]2CC(=O)N(c3ccc(F)c(Cl)c3)C2)cc1. The largest absolute Gasteiger partial charge is 0.378 e. The van der Waals surface area contributed by atoms with Crippen molar-refractivity contribution >= 4 is 34.8 Å². The van der Waals surface area contributed by atoms with Crippen molar-refractivity contribution in [1.82, 2.24) is 5.32 Å². The highest BCUT2D eigenvalue weighted by molar-refractivity contribution is 6.31. The van der Waals surface area contributed by atoms with E-state index in [1.54, 1.807) is 0 Å². The van der Waals surface area contributed by atoms with Gasteiger partial charge in [0.1, 0.15) is 5.82 Å². The summed E-state index contributed by atoms with van der Waals surface area (Å²) >= 11 is 5.79. The Morgan fingerprint density at radius 3 is 2.59 bits per heavy atom. The summed E-state index contributed by atoms with van der Waals surface area (Å²) in [5, 5.41) is 2.84. The number of amides is 2. The van der Waals surface area contributed by atoms with Gasteiger partial charge in [0.05, 0.1) is 10.9 Å². The van der Waals surface area contributed by atoms with Gasteiger partial charge in [-0.25, -0.2) is 4.39 Å². The van der Waals surface area contributed by atoms with Gasteiger partial charge in [-0.05, 0) is 35.9 Å². The fraction of sp³-hybridized carbons (Fsp3) is 0.300. The van der Waals surface area contributed by atoms with E-state index >= 15 is 0 Å². The molecule has 1 aliphatic rings. The molecule has 1 N–H and O–H groups in total. The Bertz CT molecular complexity index is 855. The lowest BCUT2D eigenvalue weighted by atomic mass is 10.1. The van der Waals surface area contributed by atoms with Gasteiger partial charge < -0.3 is 15.1 Å². The summed E-state index contributed by atoms with van der Waals surface area (Å²) in [5.41, 5.74) is 2.57. The van der Waals surface area contributed by atoms with E-state index in [0.717, 1.165) is 11.3 Å². The van der Waals surface area contributed by atoms with E-state index in [4.69, 9.17) is 11.6 Å². The molecule has 0 unspecified atom stereocenters. The molecular weight excluding hydrogens is 369 g/mol. The highest BCUT2D eigenvalue weighted by Crippen LogP contribution is 2.28. The van der Waals surface area contributed by atoms with Crippen LogP contribution in [0.15, 0.2) is 42.5 Å². The number of hydrogen-bond acceptors (Lipinski definition) is 3.